The van der Waals surface area contributed by atoms with Crippen molar-refractivity contribution in [2.45, 2.75) is 0 Å². The quantitative estimate of drug-likeness (QED) is 0.825. The van der Waals surface area contributed by atoms with Gasteiger partial charge in [-0.15, -0.1) is 0 Å². The first-order chi connectivity index (χ1) is 9.65. The van der Waals surface area contributed by atoms with Gasteiger partial charge in [-0.1, -0.05) is 30.4 Å². The summed E-state index contributed by atoms with van der Waals surface area (Å²) < 4.78 is 10.2. The van der Waals surface area contributed by atoms with Gasteiger partial charge in [0.2, 0.25) is 0 Å². The zero-order valence-electron chi connectivity index (χ0n) is 11.3. The van der Waals surface area contributed by atoms with Crippen molar-refractivity contribution in [1.29, 1.82) is 0 Å². The van der Waals surface area contributed by atoms with Gasteiger partial charge in [0.1, 0.15) is 28.6 Å². The number of aliphatic hydroxyl groups is 1. The Labute approximate surface area is 117 Å². The van der Waals surface area contributed by atoms with Crippen molar-refractivity contribution in [2.24, 2.45) is 0 Å². The van der Waals surface area contributed by atoms with E-state index in [2.05, 4.69) is 0 Å². The Morgan fingerprint density at radius 3 is 2.40 bits per heavy atom. The minimum absolute atomic E-state index is 0.0804. The lowest BCUT2D eigenvalue weighted by Crippen LogP contribution is -1.94. The van der Waals surface area contributed by atoms with Crippen LogP contribution in [0.15, 0.2) is 54.2 Å². The fourth-order valence-electron chi connectivity index (χ4n) is 1.87. The standard InChI is InChI=1S/C16H16O4/c1-19-12-9-14(18)16(15(10-12)20-2)13(17)8-7-11-5-3-4-6-11/h3-10,17-18H,1-2H3. The maximum atomic E-state index is 10.1. The van der Waals surface area contributed by atoms with Gasteiger partial charge < -0.3 is 19.7 Å². The third-order valence-corrected chi connectivity index (χ3v) is 2.89. The molecule has 0 aromatic heterocycles. The molecule has 20 heavy (non-hydrogen) atoms. The Balaban J connectivity index is 2.40. The second kappa shape index (κ2) is 6.02. The first-order valence-electron chi connectivity index (χ1n) is 6.06. The van der Waals surface area contributed by atoms with E-state index in [4.69, 9.17) is 9.47 Å². The van der Waals surface area contributed by atoms with E-state index in [1.165, 1.54) is 26.4 Å². The van der Waals surface area contributed by atoms with E-state index in [1.54, 1.807) is 12.1 Å². The van der Waals surface area contributed by atoms with Gasteiger partial charge in [0.25, 0.3) is 0 Å². The van der Waals surface area contributed by atoms with Crippen LogP contribution in [-0.4, -0.2) is 24.4 Å². The number of aliphatic hydroxyl groups excluding tert-OH is 1. The van der Waals surface area contributed by atoms with E-state index >= 15 is 0 Å². The summed E-state index contributed by atoms with van der Waals surface area (Å²) in [5, 5.41) is 20.1. The number of aromatic hydroxyl groups is 1. The van der Waals surface area contributed by atoms with Crippen LogP contribution >= 0.6 is 0 Å². The number of phenolic OH excluding ortho intramolecular Hbond substituents is 1. The molecule has 0 spiro atoms. The van der Waals surface area contributed by atoms with Crippen molar-refractivity contribution >= 4 is 5.76 Å². The van der Waals surface area contributed by atoms with Gasteiger partial charge in [-0.25, -0.2) is 0 Å². The predicted molar refractivity (Wildman–Crippen MR) is 78.2 cm³/mol. The van der Waals surface area contributed by atoms with Crippen LogP contribution in [0.1, 0.15) is 5.56 Å². The molecular weight excluding hydrogens is 256 g/mol. The molecule has 0 atom stereocenters. The van der Waals surface area contributed by atoms with E-state index in [0.29, 0.717) is 11.5 Å². The van der Waals surface area contributed by atoms with Crippen LogP contribution in [0.3, 0.4) is 0 Å². The highest BCUT2D eigenvalue weighted by Gasteiger charge is 2.15. The second-order valence-electron chi connectivity index (χ2n) is 4.16. The normalized spacial score (nSPS) is 13.7. The molecule has 0 unspecified atom stereocenters. The Bertz CT molecular complexity index is 608. The Kier molecular flexibility index (Phi) is 4.15. The van der Waals surface area contributed by atoms with Gasteiger partial charge in [0, 0.05) is 12.1 Å². The maximum absolute atomic E-state index is 10.1. The molecule has 0 saturated carbocycles. The fraction of sp³-hybridized carbons (Fsp3) is 0.125. The molecule has 0 bridgehead atoms. The van der Waals surface area contributed by atoms with Crippen molar-refractivity contribution in [2.75, 3.05) is 14.2 Å². The summed E-state index contributed by atoms with van der Waals surface area (Å²) in [5.41, 5.74) is 1.19. The second-order valence-corrected chi connectivity index (χ2v) is 4.16. The van der Waals surface area contributed by atoms with Gasteiger partial charge in [-0.3, -0.25) is 0 Å². The van der Waals surface area contributed by atoms with Crippen LogP contribution in [-0.2, 0) is 0 Å². The molecule has 1 aromatic rings. The SMILES string of the molecule is COc1cc(O)c(C(O)=CC=C2C=CC=C2)c(OC)c1. The number of hydrogen-bond acceptors (Lipinski definition) is 4. The molecule has 0 aliphatic heterocycles. The van der Waals surface area contributed by atoms with Crippen molar-refractivity contribution in [3.8, 4) is 17.2 Å². The van der Waals surface area contributed by atoms with Crippen molar-refractivity contribution in [3.63, 3.8) is 0 Å². The third kappa shape index (κ3) is 2.85. The molecule has 4 nitrogen and oxygen atoms in total. The van der Waals surface area contributed by atoms with Crippen molar-refractivity contribution in [3.05, 3.63) is 59.7 Å². The highest BCUT2D eigenvalue weighted by molar-refractivity contribution is 5.73. The summed E-state index contributed by atoms with van der Waals surface area (Å²) in [6.45, 7) is 0. The molecule has 0 radical (unpaired) electrons. The van der Waals surface area contributed by atoms with Crippen LogP contribution in [0.4, 0.5) is 0 Å². The Hall–Kier alpha value is -2.62. The van der Waals surface area contributed by atoms with Gasteiger partial charge in [-0.2, -0.15) is 0 Å². The number of allylic oxidation sites excluding steroid dienone is 7. The summed E-state index contributed by atoms with van der Waals surface area (Å²) in [4.78, 5) is 0. The summed E-state index contributed by atoms with van der Waals surface area (Å²) in [5.74, 6) is 0.608. The molecule has 0 amide bonds. The summed E-state index contributed by atoms with van der Waals surface area (Å²) in [7, 11) is 2.96. The average Bonchev–Trinajstić information content (AvgIpc) is 2.97. The van der Waals surface area contributed by atoms with E-state index in [0.717, 1.165) is 5.57 Å². The number of benzene rings is 1. The van der Waals surface area contributed by atoms with E-state index in [9.17, 15) is 10.2 Å². The minimum Gasteiger partial charge on any atom is -0.507 e. The van der Waals surface area contributed by atoms with E-state index in [1.807, 2.05) is 24.3 Å². The Morgan fingerprint density at radius 2 is 1.80 bits per heavy atom. The number of rotatable bonds is 4. The predicted octanol–water partition coefficient (Wildman–Crippen LogP) is 3.36. The lowest BCUT2D eigenvalue weighted by Gasteiger charge is -2.11. The Morgan fingerprint density at radius 1 is 1.10 bits per heavy atom. The van der Waals surface area contributed by atoms with Gasteiger partial charge in [-0.05, 0) is 11.6 Å². The molecular formula is C16H16O4. The van der Waals surface area contributed by atoms with Crippen molar-refractivity contribution < 1.29 is 19.7 Å². The largest absolute Gasteiger partial charge is 0.507 e. The molecule has 4 heteroatoms. The number of ether oxygens (including phenoxy) is 2. The molecule has 1 aliphatic rings. The van der Waals surface area contributed by atoms with Crippen LogP contribution in [0, 0.1) is 0 Å². The zero-order chi connectivity index (χ0) is 14.5. The molecule has 0 heterocycles. The van der Waals surface area contributed by atoms with Crippen LogP contribution in [0.25, 0.3) is 5.76 Å². The third-order valence-electron chi connectivity index (χ3n) is 2.89. The van der Waals surface area contributed by atoms with Gasteiger partial charge in [0.05, 0.1) is 14.2 Å². The highest BCUT2D eigenvalue weighted by atomic mass is 16.5. The topological polar surface area (TPSA) is 58.9 Å². The molecule has 104 valence electrons. The lowest BCUT2D eigenvalue weighted by molar-refractivity contribution is 0.379. The van der Waals surface area contributed by atoms with Gasteiger partial charge in [0.15, 0.2) is 0 Å². The highest BCUT2D eigenvalue weighted by Crippen LogP contribution is 2.37. The lowest BCUT2D eigenvalue weighted by atomic mass is 10.1. The molecule has 0 fully saturated rings. The van der Waals surface area contributed by atoms with Crippen molar-refractivity contribution in [1.82, 2.24) is 0 Å². The average molecular weight is 272 g/mol. The maximum Gasteiger partial charge on any atom is 0.137 e. The fourth-order valence-corrected chi connectivity index (χ4v) is 1.87. The van der Waals surface area contributed by atoms with Gasteiger partial charge >= 0.3 is 0 Å². The van der Waals surface area contributed by atoms with E-state index in [-0.39, 0.29) is 17.1 Å². The van der Waals surface area contributed by atoms with E-state index < -0.39 is 0 Å². The minimum atomic E-state index is -0.106. The summed E-state index contributed by atoms with van der Waals surface area (Å²) in [6.07, 6.45) is 10.9. The smallest absolute Gasteiger partial charge is 0.137 e. The molecule has 2 rings (SSSR count). The molecule has 1 aliphatic carbocycles. The van der Waals surface area contributed by atoms with Crippen LogP contribution in [0.5, 0.6) is 17.2 Å². The number of hydrogen-bond donors (Lipinski definition) is 2. The monoisotopic (exact) mass is 272 g/mol. The van der Waals surface area contributed by atoms with Crippen LogP contribution < -0.4 is 9.47 Å². The molecule has 2 N–H and O–H groups in total. The number of methoxy groups -OCH3 is 2. The molecule has 0 saturated heterocycles. The summed E-state index contributed by atoms with van der Waals surface area (Å²) >= 11 is 0. The number of phenols is 1. The zero-order valence-corrected chi connectivity index (χ0v) is 11.3. The summed E-state index contributed by atoms with van der Waals surface area (Å²) in [6, 6.07) is 3.02. The van der Waals surface area contributed by atoms with Crippen LogP contribution in [0.2, 0.25) is 0 Å². The first-order valence-corrected chi connectivity index (χ1v) is 6.06. The first kappa shape index (κ1) is 13.8. The molecule has 1 aromatic carbocycles.